The summed E-state index contributed by atoms with van der Waals surface area (Å²) < 4.78 is 11.1. The van der Waals surface area contributed by atoms with Crippen LogP contribution < -0.4 is 10.6 Å². The van der Waals surface area contributed by atoms with Crippen molar-refractivity contribution in [1.29, 1.82) is 0 Å². The molecule has 5 nitrogen and oxygen atoms in total. The molecule has 0 spiro atoms. The fourth-order valence-electron chi connectivity index (χ4n) is 2.02. The highest BCUT2D eigenvalue weighted by molar-refractivity contribution is 4.66. The Labute approximate surface area is 133 Å². The van der Waals surface area contributed by atoms with Crippen LogP contribution in [0.1, 0.15) is 35.0 Å². The molecule has 0 aromatic carbocycles. The van der Waals surface area contributed by atoms with Crippen LogP contribution in [0.2, 0.25) is 0 Å². The van der Waals surface area contributed by atoms with E-state index < -0.39 is 0 Å². The quantitative estimate of drug-likeness (QED) is 0.536. The Kier molecular flexibility index (Phi) is 17.7. The molecule has 1 aliphatic rings. The van der Waals surface area contributed by atoms with E-state index in [0.29, 0.717) is 13.2 Å². The van der Waals surface area contributed by atoms with E-state index in [0.717, 1.165) is 59.0 Å². The molecule has 1 aliphatic heterocycles. The second-order valence-corrected chi connectivity index (χ2v) is 4.92. The lowest BCUT2D eigenvalue weighted by molar-refractivity contribution is 0.0383. The Morgan fingerprint density at radius 3 is 2.33 bits per heavy atom. The first kappa shape index (κ1) is 20.8. The first-order valence-corrected chi connectivity index (χ1v) is 8.72. The Hall–Kier alpha value is -0.200. The highest BCUT2D eigenvalue weighted by Gasteiger charge is 2.07. The van der Waals surface area contributed by atoms with Crippen LogP contribution in [0.5, 0.6) is 0 Å². The monoisotopic (exact) mass is 305 g/mol. The minimum Gasteiger partial charge on any atom is -0.378 e. The van der Waals surface area contributed by atoms with E-state index in [1.54, 1.807) is 0 Å². The highest BCUT2D eigenvalue weighted by Crippen LogP contribution is 1.91. The zero-order valence-electron chi connectivity index (χ0n) is 14.5. The first-order chi connectivity index (χ1) is 10.4. The molecule has 1 fully saturated rings. The molecule has 5 heteroatoms. The maximum Gasteiger partial charge on any atom is 0.0701 e. The largest absolute Gasteiger partial charge is 0.378 e. The van der Waals surface area contributed by atoms with E-state index in [4.69, 9.17) is 9.47 Å². The SMILES string of the molecule is CC.CCCCNCCOCCOCCN1CCNCC1.[HH]. The van der Waals surface area contributed by atoms with Crippen molar-refractivity contribution in [2.24, 2.45) is 0 Å². The number of ether oxygens (including phenoxy) is 2. The van der Waals surface area contributed by atoms with E-state index in [9.17, 15) is 0 Å². The molecule has 0 unspecified atom stereocenters. The fourth-order valence-corrected chi connectivity index (χ4v) is 2.02. The third-order valence-electron chi connectivity index (χ3n) is 3.26. The van der Waals surface area contributed by atoms with Crippen molar-refractivity contribution in [1.82, 2.24) is 15.5 Å². The summed E-state index contributed by atoms with van der Waals surface area (Å²) in [5, 5.41) is 6.70. The minimum absolute atomic E-state index is 0. The van der Waals surface area contributed by atoms with Crippen LogP contribution in [0.25, 0.3) is 0 Å². The van der Waals surface area contributed by atoms with E-state index in [-0.39, 0.29) is 1.43 Å². The Morgan fingerprint density at radius 2 is 1.67 bits per heavy atom. The van der Waals surface area contributed by atoms with E-state index in [1.807, 2.05) is 13.8 Å². The molecule has 0 atom stereocenters. The summed E-state index contributed by atoms with van der Waals surface area (Å²) in [5.41, 5.74) is 0. The topological polar surface area (TPSA) is 45.8 Å². The molecule has 0 aromatic rings. The Bertz CT molecular complexity index is 194. The molecule has 0 saturated carbocycles. The number of rotatable bonds is 12. The smallest absolute Gasteiger partial charge is 0.0701 e. The van der Waals surface area contributed by atoms with Crippen molar-refractivity contribution in [3.05, 3.63) is 0 Å². The van der Waals surface area contributed by atoms with Gasteiger partial charge < -0.3 is 20.1 Å². The normalized spacial score (nSPS) is 15.6. The average molecular weight is 306 g/mol. The molecular formula is C16H39N3O2. The Balaban J connectivity index is 0. The van der Waals surface area contributed by atoms with Crippen molar-refractivity contribution in [3.63, 3.8) is 0 Å². The lowest BCUT2D eigenvalue weighted by Crippen LogP contribution is -2.44. The minimum atomic E-state index is 0. The first-order valence-electron chi connectivity index (χ1n) is 8.72. The van der Waals surface area contributed by atoms with Gasteiger partial charge in [-0.3, -0.25) is 4.90 Å². The Morgan fingerprint density at radius 1 is 1.00 bits per heavy atom. The third-order valence-corrected chi connectivity index (χ3v) is 3.26. The van der Waals surface area contributed by atoms with Crippen LogP contribution >= 0.6 is 0 Å². The standard InChI is InChI=1S/C14H31N3O2.C2H6.H2/c1-2-3-4-15-7-11-18-13-14-19-12-10-17-8-5-16-6-9-17;1-2;/h15-16H,2-14H2,1H3;1-2H3;1H. The molecule has 1 saturated heterocycles. The van der Waals surface area contributed by atoms with Gasteiger partial charge in [-0.15, -0.1) is 0 Å². The van der Waals surface area contributed by atoms with E-state index in [2.05, 4.69) is 22.5 Å². The molecule has 0 bridgehead atoms. The van der Waals surface area contributed by atoms with Gasteiger partial charge in [-0.25, -0.2) is 0 Å². The molecule has 0 amide bonds. The molecule has 0 radical (unpaired) electrons. The number of nitrogens with one attached hydrogen (secondary N) is 2. The average Bonchev–Trinajstić information content (AvgIpc) is 2.55. The van der Waals surface area contributed by atoms with Gasteiger partial charge in [0, 0.05) is 40.7 Å². The molecule has 2 N–H and O–H groups in total. The second kappa shape index (κ2) is 17.9. The van der Waals surface area contributed by atoms with Crippen molar-refractivity contribution < 1.29 is 10.9 Å². The lowest BCUT2D eigenvalue weighted by Gasteiger charge is -2.26. The summed E-state index contributed by atoms with van der Waals surface area (Å²) >= 11 is 0. The lowest BCUT2D eigenvalue weighted by atomic mass is 10.3. The van der Waals surface area contributed by atoms with Gasteiger partial charge >= 0.3 is 0 Å². The van der Waals surface area contributed by atoms with Crippen LogP contribution in [0.15, 0.2) is 0 Å². The summed E-state index contributed by atoms with van der Waals surface area (Å²) in [6, 6.07) is 0. The molecule has 130 valence electrons. The van der Waals surface area contributed by atoms with E-state index in [1.165, 1.54) is 12.8 Å². The van der Waals surface area contributed by atoms with Crippen molar-refractivity contribution in [3.8, 4) is 0 Å². The number of hydrogen-bond donors (Lipinski definition) is 2. The van der Waals surface area contributed by atoms with Crippen molar-refractivity contribution in [2.75, 3.05) is 72.2 Å². The van der Waals surface area contributed by atoms with Gasteiger partial charge in [-0.2, -0.15) is 0 Å². The zero-order chi connectivity index (χ0) is 15.6. The predicted molar refractivity (Wildman–Crippen MR) is 92.2 cm³/mol. The summed E-state index contributed by atoms with van der Waals surface area (Å²) in [6.07, 6.45) is 2.49. The second-order valence-electron chi connectivity index (χ2n) is 4.92. The van der Waals surface area contributed by atoms with Gasteiger partial charge in [0.05, 0.1) is 26.4 Å². The van der Waals surface area contributed by atoms with Gasteiger partial charge in [0.1, 0.15) is 0 Å². The predicted octanol–water partition coefficient (Wildman–Crippen LogP) is 1.59. The molecule has 1 heterocycles. The van der Waals surface area contributed by atoms with Crippen LogP contribution in [-0.4, -0.2) is 77.1 Å². The molecule has 1 rings (SSSR count). The van der Waals surface area contributed by atoms with Crippen molar-refractivity contribution >= 4 is 0 Å². The summed E-state index contributed by atoms with van der Waals surface area (Å²) in [4.78, 5) is 2.44. The van der Waals surface area contributed by atoms with Gasteiger partial charge in [-0.05, 0) is 13.0 Å². The molecule has 0 aromatic heterocycles. The third kappa shape index (κ3) is 14.5. The number of nitrogens with zero attached hydrogens (tertiary/aromatic N) is 1. The van der Waals surface area contributed by atoms with Crippen molar-refractivity contribution in [2.45, 2.75) is 33.6 Å². The van der Waals surface area contributed by atoms with Crippen LogP contribution in [-0.2, 0) is 9.47 Å². The fraction of sp³-hybridized carbons (Fsp3) is 1.00. The highest BCUT2D eigenvalue weighted by atomic mass is 16.5. The number of hydrogen-bond acceptors (Lipinski definition) is 5. The van der Waals surface area contributed by atoms with E-state index >= 15 is 0 Å². The van der Waals surface area contributed by atoms with Crippen LogP contribution in [0.4, 0.5) is 0 Å². The van der Waals surface area contributed by atoms with Crippen LogP contribution in [0, 0.1) is 0 Å². The van der Waals surface area contributed by atoms with Gasteiger partial charge in [-0.1, -0.05) is 27.2 Å². The van der Waals surface area contributed by atoms with Crippen LogP contribution in [0.3, 0.4) is 0 Å². The summed E-state index contributed by atoms with van der Waals surface area (Å²) in [6.45, 7) is 16.8. The summed E-state index contributed by atoms with van der Waals surface area (Å²) in [5.74, 6) is 0. The molecule has 0 aliphatic carbocycles. The number of unbranched alkanes of at least 4 members (excludes halogenated alkanes) is 1. The maximum absolute atomic E-state index is 5.57. The zero-order valence-corrected chi connectivity index (χ0v) is 14.5. The van der Waals surface area contributed by atoms with Gasteiger partial charge in [0.25, 0.3) is 0 Å². The summed E-state index contributed by atoms with van der Waals surface area (Å²) in [7, 11) is 0. The van der Waals surface area contributed by atoms with Gasteiger partial charge in [0.15, 0.2) is 0 Å². The number of piperazine rings is 1. The molecule has 21 heavy (non-hydrogen) atoms. The molecular weight excluding hydrogens is 266 g/mol. The van der Waals surface area contributed by atoms with Gasteiger partial charge in [0.2, 0.25) is 0 Å². The maximum atomic E-state index is 5.57.